The Kier molecular flexibility index (Phi) is 4.99. The monoisotopic (exact) mass is 332 g/mol. The van der Waals surface area contributed by atoms with Crippen molar-refractivity contribution in [2.24, 2.45) is 0 Å². The van der Waals surface area contributed by atoms with Gasteiger partial charge in [-0.25, -0.2) is 0 Å². The molecule has 1 aromatic rings. The van der Waals surface area contributed by atoms with Gasteiger partial charge in [-0.1, -0.05) is 12.1 Å². The summed E-state index contributed by atoms with van der Waals surface area (Å²) in [6, 6.07) is 6.92. The average molecular weight is 332 g/mol. The van der Waals surface area contributed by atoms with Crippen LogP contribution in [0, 0.1) is 0 Å². The summed E-state index contributed by atoms with van der Waals surface area (Å²) in [4.78, 5) is 26.3. The van der Waals surface area contributed by atoms with Crippen LogP contribution in [0.4, 0.5) is 0 Å². The van der Waals surface area contributed by atoms with E-state index in [2.05, 4.69) is 5.32 Å². The van der Waals surface area contributed by atoms with E-state index in [4.69, 9.17) is 9.47 Å². The van der Waals surface area contributed by atoms with E-state index in [0.717, 1.165) is 13.0 Å². The van der Waals surface area contributed by atoms with Crippen LogP contribution in [0.3, 0.4) is 0 Å². The summed E-state index contributed by atoms with van der Waals surface area (Å²) in [7, 11) is 0. The molecular formula is C18H24N2O4. The minimum atomic E-state index is -0.627. The molecule has 0 bridgehead atoms. The molecule has 2 aliphatic heterocycles. The zero-order valence-corrected chi connectivity index (χ0v) is 14.2. The highest BCUT2D eigenvalue weighted by molar-refractivity contribution is 6.21. The molecule has 1 saturated heterocycles. The Labute approximate surface area is 142 Å². The summed E-state index contributed by atoms with van der Waals surface area (Å²) in [6.07, 6.45) is 1.37. The second kappa shape index (κ2) is 7.01. The highest BCUT2D eigenvalue weighted by atomic mass is 16.7. The Morgan fingerprint density at radius 3 is 2.25 bits per heavy atom. The number of carbonyl (C=O) groups excluding carboxylic acids is 2. The number of hydrogen-bond acceptors (Lipinski definition) is 5. The molecule has 0 aromatic heterocycles. The van der Waals surface area contributed by atoms with Gasteiger partial charge >= 0.3 is 0 Å². The van der Waals surface area contributed by atoms with Crippen LogP contribution in [0.25, 0.3) is 0 Å². The Morgan fingerprint density at radius 1 is 1.12 bits per heavy atom. The maximum absolute atomic E-state index is 12.5. The lowest BCUT2D eigenvalue weighted by Crippen LogP contribution is -2.55. The van der Waals surface area contributed by atoms with Crippen LogP contribution >= 0.6 is 0 Å². The number of amides is 2. The predicted octanol–water partition coefficient (Wildman–Crippen LogP) is 1.80. The molecule has 130 valence electrons. The standard InChI is InChI=1S/C18H24N2O4/c1-3-23-18(24-4-2)9-10-19-13(11-18)12-20-16(21)14-7-5-6-8-15(14)17(20)22/h5-8,13,19H,3-4,9-12H2,1-2H3/t13-/m0/s1. The molecule has 0 aliphatic carbocycles. The summed E-state index contributed by atoms with van der Waals surface area (Å²) in [5, 5.41) is 3.38. The zero-order valence-electron chi connectivity index (χ0n) is 14.2. The topological polar surface area (TPSA) is 67.9 Å². The van der Waals surface area contributed by atoms with E-state index in [9.17, 15) is 9.59 Å². The first-order chi connectivity index (χ1) is 11.6. The number of fused-ring (bicyclic) bond motifs is 1. The molecule has 2 aliphatic rings. The Balaban J connectivity index is 1.72. The van der Waals surface area contributed by atoms with Gasteiger partial charge < -0.3 is 14.8 Å². The maximum Gasteiger partial charge on any atom is 0.261 e. The molecule has 2 heterocycles. The number of carbonyl (C=O) groups is 2. The van der Waals surface area contributed by atoms with E-state index in [1.54, 1.807) is 24.3 Å². The van der Waals surface area contributed by atoms with E-state index >= 15 is 0 Å². The number of piperidine rings is 1. The summed E-state index contributed by atoms with van der Waals surface area (Å²) < 4.78 is 11.7. The molecule has 1 atom stereocenters. The van der Waals surface area contributed by atoms with Gasteiger partial charge in [0.05, 0.1) is 11.1 Å². The lowest BCUT2D eigenvalue weighted by molar-refractivity contribution is -0.250. The number of nitrogens with zero attached hydrogens (tertiary/aromatic N) is 1. The van der Waals surface area contributed by atoms with Crippen LogP contribution in [-0.2, 0) is 9.47 Å². The fourth-order valence-electron chi connectivity index (χ4n) is 3.60. The molecule has 1 aromatic carbocycles. The van der Waals surface area contributed by atoms with Crippen molar-refractivity contribution >= 4 is 11.8 Å². The molecule has 24 heavy (non-hydrogen) atoms. The van der Waals surface area contributed by atoms with Crippen molar-refractivity contribution in [3.8, 4) is 0 Å². The highest BCUT2D eigenvalue weighted by Gasteiger charge is 2.41. The van der Waals surface area contributed by atoms with Crippen molar-refractivity contribution in [2.45, 2.75) is 38.5 Å². The smallest absolute Gasteiger partial charge is 0.261 e. The SMILES string of the molecule is CCOC1(OCC)CCN[C@H](CN2C(=O)c3ccccc3C2=O)C1. The molecule has 1 N–H and O–H groups in total. The largest absolute Gasteiger partial charge is 0.350 e. The number of nitrogens with one attached hydrogen (secondary N) is 1. The average Bonchev–Trinajstić information content (AvgIpc) is 2.81. The van der Waals surface area contributed by atoms with Crippen LogP contribution < -0.4 is 5.32 Å². The normalized spacial score (nSPS) is 22.8. The summed E-state index contributed by atoms with van der Waals surface area (Å²) in [6.45, 7) is 6.09. The van der Waals surface area contributed by atoms with Crippen molar-refractivity contribution in [2.75, 3.05) is 26.3 Å². The first-order valence-electron chi connectivity index (χ1n) is 8.56. The van der Waals surface area contributed by atoms with E-state index < -0.39 is 5.79 Å². The Bertz CT molecular complexity index is 585. The lowest BCUT2D eigenvalue weighted by Gasteiger charge is -2.41. The molecule has 0 unspecified atom stereocenters. The zero-order chi connectivity index (χ0) is 17.2. The van der Waals surface area contributed by atoms with Gasteiger partial charge in [0.1, 0.15) is 0 Å². The van der Waals surface area contributed by atoms with Crippen molar-refractivity contribution in [1.82, 2.24) is 10.2 Å². The first kappa shape index (κ1) is 17.1. The van der Waals surface area contributed by atoms with Gasteiger partial charge in [-0.2, -0.15) is 0 Å². The fourth-order valence-corrected chi connectivity index (χ4v) is 3.60. The van der Waals surface area contributed by atoms with Crippen LogP contribution in [-0.4, -0.2) is 54.8 Å². The third-order valence-corrected chi connectivity index (χ3v) is 4.59. The van der Waals surface area contributed by atoms with Crippen molar-refractivity contribution in [1.29, 1.82) is 0 Å². The summed E-state index contributed by atoms with van der Waals surface area (Å²) in [5.74, 6) is -1.07. The Morgan fingerprint density at radius 2 is 1.71 bits per heavy atom. The van der Waals surface area contributed by atoms with Gasteiger partial charge in [-0.15, -0.1) is 0 Å². The van der Waals surface area contributed by atoms with Crippen molar-refractivity contribution < 1.29 is 19.1 Å². The molecule has 1 fully saturated rings. The van der Waals surface area contributed by atoms with Crippen LogP contribution in [0.2, 0.25) is 0 Å². The van der Waals surface area contributed by atoms with Crippen LogP contribution in [0.5, 0.6) is 0 Å². The van der Waals surface area contributed by atoms with E-state index in [1.165, 1.54) is 4.90 Å². The fraction of sp³-hybridized carbons (Fsp3) is 0.556. The molecule has 6 heteroatoms. The predicted molar refractivity (Wildman–Crippen MR) is 88.8 cm³/mol. The molecular weight excluding hydrogens is 308 g/mol. The minimum Gasteiger partial charge on any atom is -0.350 e. The molecule has 6 nitrogen and oxygen atoms in total. The van der Waals surface area contributed by atoms with E-state index in [-0.39, 0.29) is 17.9 Å². The number of ether oxygens (including phenoxy) is 2. The van der Waals surface area contributed by atoms with Crippen molar-refractivity contribution in [3.63, 3.8) is 0 Å². The van der Waals surface area contributed by atoms with Crippen molar-refractivity contribution in [3.05, 3.63) is 35.4 Å². The second-order valence-corrected chi connectivity index (χ2v) is 6.15. The Hall–Kier alpha value is -1.76. The van der Waals surface area contributed by atoms with Crippen LogP contribution in [0.15, 0.2) is 24.3 Å². The van der Waals surface area contributed by atoms with Crippen LogP contribution in [0.1, 0.15) is 47.4 Å². The summed E-state index contributed by atoms with van der Waals surface area (Å²) >= 11 is 0. The van der Waals surface area contributed by atoms with Gasteiger partial charge in [0, 0.05) is 45.2 Å². The lowest BCUT2D eigenvalue weighted by atomic mass is 9.97. The first-order valence-corrected chi connectivity index (χ1v) is 8.56. The highest BCUT2D eigenvalue weighted by Crippen LogP contribution is 2.29. The maximum atomic E-state index is 12.5. The third kappa shape index (κ3) is 3.09. The van der Waals surface area contributed by atoms with E-state index in [1.807, 2.05) is 13.8 Å². The number of imide groups is 1. The second-order valence-electron chi connectivity index (χ2n) is 6.15. The van der Waals surface area contributed by atoms with Gasteiger partial charge in [0.15, 0.2) is 5.79 Å². The van der Waals surface area contributed by atoms with Gasteiger partial charge in [-0.3, -0.25) is 14.5 Å². The molecule has 2 amide bonds. The number of rotatable bonds is 6. The number of benzene rings is 1. The van der Waals surface area contributed by atoms with E-state index in [0.29, 0.717) is 37.3 Å². The van der Waals surface area contributed by atoms with Gasteiger partial charge in [0.2, 0.25) is 0 Å². The molecule has 3 rings (SSSR count). The van der Waals surface area contributed by atoms with Gasteiger partial charge in [-0.05, 0) is 26.0 Å². The molecule has 0 radical (unpaired) electrons. The summed E-state index contributed by atoms with van der Waals surface area (Å²) in [5.41, 5.74) is 0.971. The molecule has 0 spiro atoms. The third-order valence-electron chi connectivity index (χ3n) is 4.59. The number of hydrogen-bond donors (Lipinski definition) is 1. The quantitative estimate of drug-likeness (QED) is 0.635. The van der Waals surface area contributed by atoms with Gasteiger partial charge in [0.25, 0.3) is 11.8 Å². The molecule has 0 saturated carbocycles. The minimum absolute atomic E-state index is 0.0425.